The smallest absolute Gasteiger partial charge is 0.0283 e. The number of hydrogen-bond acceptors (Lipinski definition) is 2. The topological polar surface area (TPSA) is 29.3 Å². The van der Waals surface area contributed by atoms with Gasteiger partial charge in [0.15, 0.2) is 0 Å². The van der Waals surface area contributed by atoms with Crippen molar-refractivity contribution in [3.8, 4) is 0 Å². The molecule has 2 saturated carbocycles. The van der Waals surface area contributed by atoms with Gasteiger partial charge in [-0.25, -0.2) is 0 Å². The molecular formula is C14H28N2. The monoisotopic (exact) mass is 224 g/mol. The van der Waals surface area contributed by atoms with Crippen molar-refractivity contribution in [3.63, 3.8) is 0 Å². The first-order valence-corrected chi connectivity index (χ1v) is 7.26. The molecule has 0 radical (unpaired) electrons. The minimum absolute atomic E-state index is 0.136. The standard InChI is InChI=1S/C14H28N2/c1-2-16(13-8-4-5-9-13)12-14(15)10-6-3-7-11-14/h13H,2-12,15H2,1H3. The molecule has 2 heteroatoms. The summed E-state index contributed by atoms with van der Waals surface area (Å²) in [5, 5.41) is 0. The van der Waals surface area contributed by atoms with Crippen LogP contribution in [0, 0.1) is 0 Å². The second kappa shape index (κ2) is 5.50. The molecule has 0 unspecified atom stereocenters. The van der Waals surface area contributed by atoms with Crippen molar-refractivity contribution in [3.05, 3.63) is 0 Å². The summed E-state index contributed by atoms with van der Waals surface area (Å²) in [5.41, 5.74) is 6.70. The van der Waals surface area contributed by atoms with E-state index in [1.807, 2.05) is 0 Å². The van der Waals surface area contributed by atoms with Crippen LogP contribution in [0.3, 0.4) is 0 Å². The quantitative estimate of drug-likeness (QED) is 0.795. The Morgan fingerprint density at radius 1 is 1.06 bits per heavy atom. The lowest BCUT2D eigenvalue weighted by molar-refractivity contribution is 0.136. The molecule has 0 saturated heterocycles. The summed E-state index contributed by atoms with van der Waals surface area (Å²) in [6.45, 7) is 4.63. The van der Waals surface area contributed by atoms with Crippen LogP contribution in [-0.2, 0) is 0 Å². The van der Waals surface area contributed by atoms with Crippen LogP contribution in [0.5, 0.6) is 0 Å². The first-order chi connectivity index (χ1) is 7.73. The van der Waals surface area contributed by atoms with Crippen LogP contribution in [0.4, 0.5) is 0 Å². The fourth-order valence-corrected chi connectivity index (χ4v) is 3.59. The van der Waals surface area contributed by atoms with E-state index in [0.29, 0.717) is 0 Å². The lowest BCUT2D eigenvalue weighted by atomic mass is 9.82. The van der Waals surface area contributed by atoms with Crippen LogP contribution in [-0.4, -0.2) is 29.6 Å². The second-order valence-corrected chi connectivity index (χ2v) is 5.92. The van der Waals surface area contributed by atoms with Crippen molar-refractivity contribution in [2.24, 2.45) is 5.73 Å². The first-order valence-electron chi connectivity index (χ1n) is 7.26. The molecule has 2 fully saturated rings. The Labute approximate surface area is 101 Å². The first kappa shape index (κ1) is 12.4. The zero-order chi connectivity index (χ0) is 11.4. The molecule has 2 aliphatic rings. The van der Waals surface area contributed by atoms with E-state index in [4.69, 9.17) is 5.73 Å². The molecule has 2 N–H and O–H groups in total. The van der Waals surface area contributed by atoms with Gasteiger partial charge >= 0.3 is 0 Å². The Morgan fingerprint density at radius 3 is 2.25 bits per heavy atom. The molecule has 2 rings (SSSR count). The summed E-state index contributed by atoms with van der Waals surface area (Å²) in [5.74, 6) is 0. The van der Waals surface area contributed by atoms with Gasteiger partial charge in [-0.05, 0) is 32.2 Å². The molecule has 2 nitrogen and oxygen atoms in total. The van der Waals surface area contributed by atoms with Crippen LogP contribution in [0.1, 0.15) is 64.7 Å². The van der Waals surface area contributed by atoms with E-state index in [9.17, 15) is 0 Å². The van der Waals surface area contributed by atoms with Crippen molar-refractivity contribution in [2.75, 3.05) is 13.1 Å². The highest BCUT2D eigenvalue weighted by Gasteiger charge is 2.32. The molecule has 16 heavy (non-hydrogen) atoms. The van der Waals surface area contributed by atoms with E-state index in [-0.39, 0.29) is 5.54 Å². The van der Waals surface area contributed by atoms with E-state index < -0.39 is 0 Å². The lowest BCUT2D eigenvalue weighted by Gasteiger charge is -2.40. The van der Waals surface area contributed by atoms with Crippen molar-refractivity contribution < 1.29 is 0 Å². The molecule has 0 atom stereocenters. The zero-order valence-electron chi connectivity index (χ0n) is 10.9. The van der Waals surface area contributed by atoms with Crippen molar-refractivity contribution in [2.45, 2.75) is 76.3 Å². The van der Waals surface area contributed by atoms with E-state index in [1.54, 1.807) is 0 Å². The maximum absolute atomic E-state index is 6.56. The predicted octanol–water partition coefficient (Wildman–Crippen LogP) is 2.91. The van der Waals surface area contributed by atoms with Gasteiger partial charge in [-0.2, -0.15) is 0 Å². The second-order valence-electron chi connectivity index (χ2n) is 5.92. The largest absolute Gasteiger partial charge is 0.324 e. The zero-order valence-corrected chi connectivity index (χ0v) is 10.9. The van der Waals surface area contributed by atoms with E-state index in [2.05, 4.69) is 11.8 Å². The van der Waals surface area contributed by atoms with Crippen molar-refractivity contribution in [1.29, 1.82) is 0 Å². The molecule has 0 amide bonds. The highest BCUT2D eigenvalue weighted by molar-refractivity contribution is 4.92. The highest BCUT2D eigenvalue weighted by atomic mass is 15.2. The van der Waals surface area contributed by atoms with Gasteiger partial charge in [0.1, 0.15) is 0 Å². The fraction of sp³-hybridized carbons (Fsp3) is 1.00. The van der Waals surface area contributed by atoms with Gasteiger partial charge in [0.25, 0.3) is 0 Å². The van der Waals surface area contributed by atoms with E-state index >= 15 is 0 Å². The molecule has 0 bridgehead atoms. The average molecular weight is 224 g/mol. The fourth-order valence-electron chi connectivity index (χ4n) is 3.59. The number of nitrogens with zero attached hydrogens (tertiary/aromatic N) is 1. The predicted molar refractivity (Wildman–Crippen MR) is 69.5 cm³/mol. The Balaban J connectivity index is 1.89. The van der Waals surface area contributed by atoms with Crippen LogP contribution >= 0.6 is 0 Å². The van der Waals surface area contributed by atoms with Crippen molar-refractivity contribution >= 4 is 0 Å². The van der Waals surface area contributed by atoms with E-state index in [1.165, 1.54) is 64.3 Å². The molecule has 2 aliphatic carbocycles. The van der Waals surface area contributed by atoms with Crippen LogP contribution in [0.15, 0.2) is 0 Å². The number of hydrogen-bond donors (Lipinski definition) is 1. The average Bonchev–Trinajstić information content (AvgIpc) is 2.80. The summed E-state index contributed by atoms with van der Waals surface area (Å²) in [7, 11) is 0. The molecule has 0 aliphatic heterocycles. The molecule has 0 heterocycles. The third-order valence-electron chi connectivity index (χ3n) is 4.61. The normalized spacial score (nSPS) is 26.4. The summed E-state index contributed by atoms with van der Waals surface area (Å²) in [4.78, 5) is 2.66. The van der Waals surface area contributed by atoms with E-state index in [0.717, 1.165) is 12.6 Å². The Morgan fingerprint density at radius 2 is 1.69 bits per heavy atom. The van der Waals surface area contributed by atoms with Crippen LogP contribution < -0.4 is 5.73 Å². The molecule has 0 aromatic carbocycles. The van der Waals surface area contributed by atoms with Gasteiger partial charge in [0, 0.05) is 18.1 Å². The molecule has 94 valence electrons. The summed E-state index contributed by atoms with van der Waals surface area (Å²) in [6.07, 6.45) is 12.3. The maximum Gasteiger partial charge on any atom is 0.0283 e. The Kier molecular flexibility index (Phi) is 4.26. The highest BCUT2D eigenvalue weighted by Crippen LogP contribution is 2.30. The van der Waals surface area contributed by atoms with Crippen LogP contribution in [0.25, 0.3) is 0 Å². The Hall–Kier alpha value is -0.0800. The van der Waals surface area contributed by atoms with Gasteiger partial charge in [-0.15, -0.1) is 0 Å². The van der Waals surface area contributed by atoms with Gasteiger partial charge in [-0.1, -0.05) is 39.0 Å². The van der Waals surface area contributed by atoms with Crippen LogP contribution in [0.2, 0.25) is 0 Å². The third kappa shape index (κ3) is 2.98. The number of likely N-dealkylation sites (N-methyl/N-ethyl adjacent to an activating group) is 1. The SMILES string of the molecule is CCN(CC1(N)CCCCC1)C1CCCC1. The number of nitrogens with two attached hydrogens (primary N) is 1. The van der Waals surface area contributed by atoms with Gasteiger partial charge in [0.2, 0.25) is 0 Å². The number of rotatable bonds is 4. The molecular weight excluding hydrogens is 196 g/mol. The van der Waals surface area contributed by atoms with Crippen molar-refractivity contribution in [1.82, 2.24) is 4.90 Å². The molecule has 0 aromatic heterocycles. The van der Waals surface area contributed by atoms with Gasteiger partial charge in [-0.3, -0.25) is 4.90 Å². The summed E-state index contributed by atoms with van der Waals surface area (Å²) in [6, 6.07) is 0.840. The van der Waals surface area contributed by atoms with Gasteiger partial charge in [0.05, 0.1) is 0 Å². The Bertz CT molecular complexity index is 203. The molecule has 0 aromatic rings. The third-order valence-corrected chi connectivity index (χ3v) is 4.61. The van der Waals surface area contributed by atoms with Gasteiger partial charge < -0.3 is 5.73 Å². The molecule has 0 spiro atoms. The minimum Gasteiger partial charge on any atom is -0.324 e. The minimum atomic E-state index is 0.136. The maximum atomic E-state index is 6.56. The lowest BCUT2D eigenvalue weighted by Crippen LogP contribution is -2.53. The summed E-state index contributed by atoms with van der Waals surface area (Å²) >= 11 is 0. The summed E-state index contributed by atoms with van der Waals surface area (Å²) < 4.78 is 0.